The molecular formula is C24H22BrNO5. The molecule has 0 saturated heterocycles. The van der Waals surface area contributed by atoms with Gasteiger partial charge in [-0.05, 0) is 85.6 Å². The maximum Gasteiger partial charge on any atom is 0.349 e. The van der Waals surface area contributed by atoms with Gasteiger partial charge in [-0.3, -0.25) is 4.79 Å². The van der Waals surface area contributed by atoms with Crippen molar-refractivity contribution in [1.82, 2.24) is 0 Å². The van der Waals surface area contributed by atoms with Crippen LogP contribution in [0.25, 0.3) is 0 Å². The van der Waals surface area contributed by atoms with E-state index in [4.69, 9.17) is 14.2 Å². The molecule has 7 heteroatoms. The van der Waals surface area contributed by atoms with E-state index in [1.165, 1.54) is 0 Å². The normalized spacial score (nSPS) is 10.3. The number of carbonyl (C=O) groups excluding carboxylic acids is 2. The largest absolute Gasteiger partial charge is 0.497 e. The van der Waals surface area contributed by atoms with Crippen LogP contribution in [0.2, 0.25) is 0 Å². The first-order valence-electron chi connectivity index (χ1n) is 9.51. The minimum Gasteiger partial charge on any atom is -0.497 e. The summed E-state index contributed by atoms with van der Waals surface area (Å²) in [5.41, 5.74) is 2.93. The van der Waals surface area contributed by atoms with E-state index >= 15 is 0 Å². The topological polar surface area (TPSA) is 73.9 Å². The number of halogens is 1. The molecule has 0 aromatic heterocycles. The van der Waals surface area contributed by atoms with Crippen LogP contribution >= 0.6 is 15.9 Å². The maximum absolute atomic E-state index is 12.4. The van der Waals surface area contributed by atoms with E-state index in [1.54, 1.807) is 55.6 Å². The molecule has 0 atom stereocenters. The van der Waals surface area contributed by atoms with Gasteiger partial charge in [-0.15, -0.1) is 0 Å². The first kappa shape index (κ1) is 22.4. The lowest BCUT2D eigenvalue weighted by atomic mass is 10.1. The Morgan fingerprint density at radius 3 is 2.06 bits per heavy atom. The quantitative estimate of drug-likeness (QED) is 0.364. The van der Waals surface area contributed by atoms with Crippen molar-refractivity contribution in [3.05, 3.63) is 81.8 Å². The number of esters is 1. The molecule has 160 valence electrons. The van der Waals surface area contributed by atoms with Gasteiger partial charge in [-0.2, -0.15) is 0 Å². The Morgan fingerprint density at radius 2 is 1.48 bits per heavy atom. The smallest absolute Gasteiger partial charge is 0.349 e. The van der Waals surface area contributed by atoms with E-state index in [0.29, 0.717) is 28.5 Å². The van der Waals surface area contributed by atoms with Crippen molar-refractivity contribution in [3.8, 4) is 17.2 Å². The predicted molar refractivity (Wildman–Crippen MR) is 122 cm³/mol. The summed E-state index contributed by atoms with van der Waals surface area (Å²) in [5, 5.41) is 2.80. The second-order valence-electron chi connectivity index (χ2n) is 6.84. The number of ether oxygens (including phenoxy) is 3. The Bertz CT molecular complexity index is 1060. The summed E-state index contributed by atoms with van der Waals surface area (Å²) >= 11 is 3.43. The molecule has 0 fully saturated rings. The summed E-state index contributed by atoms with van der Waals surface area (Å²) in [6.07, 6.45) is 0. The number of hydrogen-bond donors (Lipinski definition) is 1. The summed E-state index contributed by atoms with van der Waals surface area (Å²) in [5.74, 6) is 0.896. The molecule has 6 nitrogen and oxygen atoms in total. The Kier molecular flexibility index (Phi) is 7.31. The summed E-state index contributed by atoms with van der Waals surface area (Å²) in [7, 11) is 1.58. The molecule has 0 spiro atoms. The average molecular weight is 484 g/mol. The molecule has 0 aliphatic heterocycles. The average Bonchev–Trinajstić information content (AvgIpc) is 2.74. The number of rotatable bonds is 7. The number of methoxy groups -OCH3 is 1. The predicted octanol–water partition coefficient (Wildman–Crippen LogP) is 5.31. The number of benzene rings is 3. The lowest BCUT2D eigenvalue weighted by Gasteiger charge is -2.12. The first-order chi connectivity index (χ1) is 14.9. The highest BCUT2D eigenvalue weighted by molar-refractivity contribution is 9.10. The van der Waals surface area contributed by atoms with E-state index in [-0.39, 0.29) is 12.5 Å². The lowest BCUT2D eigenvalue weighted by molar-refractivity contribution is -0.136. The zero-order valence-corrected chi connectivity index (χ0v) is 19.0. The zero-order valence-electron chi connectivity index (χ0n) is 17.4. The molecule has 3 rings (SSSR count). The monoisotopic (exact) mass is 483 g/mol. The minimum atomic E-state index is -0.530. The lowest BCUT2D eigenvalue weighted by Crippen LogP contribution is -2.18. The molecule has 31 heavy (non-hydrogen) atoms. The molecule has 3 aromatic rings. The second kappa shape index (κ2) is 10.1. The molecule has 3 aromatic carbocycles. The number of nitrogens with one attached hydrogen (secondary N) is 1. The van der Waals surface area contributed by atoms with Crippen molar-refractivity contribution in [2.75, 3.05) is 19.0 Å². The molecule has 0 saturated carbocycles. The zero-order chi connectivity index (χ0) is 22.4. The van der Waals surface area contributed by atoms with Crippen LogP contribution in [-0.4, -0.2) is 25.6 Å². The fraction of sp³-hybridized carbons (Fsp3) is 0.167. The van der Waals surface area contributed by atoms with Crippen LogP contribution in [-0.2, 0) is 4.79 Å². The van der Waals surface area contributed by atoms with Gasteiger partial charge in [0.1, 0.15) is 17.2 Å². The van der Waals surface area contributed by atoms with Crippen LogP contribution < -0.4 is 19.5 Å². The third kappa shape index (κ3) is 6.08. The van der Waals surface area contributed by atoms with E-state index in [1.807, 2.05) is 26.0 Å². The second-order valence-corrected chi connectivity index (χ2v) is 7.75. The van der Waals surface area contributed by atoms with E-state index in [2.05, 4.69) is 21.2 Å². The fourth-order valence-electron chi connectivity index (χ4n) is 2.97. The number of hydrogen-bond acceptors (Lipinski definition) is 5. The van der Waals surface area contributed by atoms with Crippen molar-refractivity contribution in [3.63, 3.8) is 0 Å². The van der Waals surface area contributed by atoms with Crippen LogP contribution in [0.15, 0.2) is 65.1 Å². The van der Waals surface area contributed by atoms with E-state index < -0.39 is 5.97 Å². The first-order valence-corrected chi connectivity index (χ1v) is 10.3. The fourth-order valence-corrected chi connectivity index (χ4v) is 3.66. The van der Waals surface area contributed by atoms with Gasteiger partial charge in [-0.1, -0.05) is 15.9 Å². The van der Waals surface area contributed by atoms with Crippen molar-refractivity contribution in [2.45, 2.75) is 13.8 Å². The SMILES string of the molecule is COc1ccc(NC(=O)c2ccc(OC(=O)COc3c(C)cc(Br)cc3C)cc2)cc1. The Morgan fingerprint density at radius 1 is 0.903 bits per heavy atom. The molecule has 0 aliphatic rings. The number of aryl methyl sites for hydroxylation is 2. The highest BCUT2D eigenvalue weighted by Crippen LogP contribution is 2.27. The number of carbonyl (C=O) groups is 2. The Labute approximate surface area is 189 Å². The van der Waals surface area contributed by atoms with Crippen LogP contribution in [0.5, 0.6) is 17.2 Å². The van der Waals surface area contributed by atoms with Gasteiger partial charge in [0.15, 0.2) is 6.61 Å². The molecule has 0 radical (unpaired) electrons. The van der Waals surface area contributed by atoms with E-state index in [9.17, 15) is 9.59 Å². The maximum atomic E-state index is 12.4. The molecule has 0 unspecified atom stereocenters. The molecule has 0 aliphatic carbocycles. The Balaban J connectivity index is 1.54. The summed E-state index contributed by atoms with van der Waals surface area (Å²) in [6, 6.07) is 17.2. The van der Waals surface area contributed by atoms with Crippen LogP contribution in [0.1, 0.15) is 21.5 Å². The van der Waals surface area contributed by atoms with Crippen LogP contribution in [0, 0.1) is 13.8 Å². The summed E-state index contributed by atoms with van der Waals surface area (Å²) in [6.45, 7) is 3.60. The summed E-state index contributed by atoms with van der Waals surface area (Å²) < 4.78 is 17.0. The van der Waals surface area contributed by atoms with Crippen molar-refractivity contribution in [2.24, 2.45) is 0 Å². The van der Waals surface area contributed by atoms with Gasteiger partial charge in [0.25, 0.3) is 5.91 Å². The van der Waals surface area contributed by atoms with Gasteiger partial charge in [0.2, 0.25) is 0 Å². The Hall–Kier alpha value is -3.32. The van der Waals surface area contributed by atoms with Crippen molar-refractivity contribution >= 4 is 33.5 Å². The standard InChI is InChI=1S/C24H22BrNO5/c1-15-12-18(25)13-16(2)23(15)30-14-22(27)31-21-8-4-17(5-9-21)24(28)26-19-6-10-20(29-3)11-7-19/h4-13H,14H2,1-3H3,(H,26,28). The van der Waals surface area contributed by atoms with Crippen molar-refractivity contribution < 1.29 is 23.8 Å². The van der Waals surface area contributed by atoms with Gasteiger partial charge in [-0.25, -0.2) is 4.79 Å². The van der Waals surface area contributed by atoms with Crippen LogP contribution in [0.3, 0.4) is 0 Å². The van der Waals surface area contributed by atoms with Gasteiger partial charge in [0, 0.05) is 15.7 Å². The highest BCUT2D eigenvalue weighted by atomic mass is 79.9. The number of amides is 1. The third-order valence-corrected chi connectivity index (χ3v) is 4.91. The van der Waals surface area contributed by atoms with Crippen LogP contribution in [0.4, 0.5) is 5.69 Å². The van der Waals surface area contributed by atoms with Gasteiger partial charge >= 0.3 is 5.97 Å². The highest BCUT2D eigenvalue weighted by Gasteiger charge is 2.12. The summed E-state index contributed by atoms with van der Waals surface area (Å²) in [4.78, 5) is 24.5. The van der Waals surface area contributed by atoms with Gasteiger partial charge in [0.05, 0.1) is 7.11 Å². The minimum absolute atomic E-state index is 0.219. The molecule has 1 amide bonds. The van der Waals surface area contributed by atoms with Gasteiger partial charge < -0.3 is 19.5 Å². The van der Waals surface area contributed by atoms with E-state index in [0.717, 1.165) is 15.6 Å². The molecular weight excluding hydrogens is 462 g/mol. The molecule has 0 heterocycles. The third-order valence-electron chi connectivity index (χ3n) is 4.46. The molecule has 1 N–H and O–H groups in total. The van der Waals surface area contributed by atoms with Crippen molar-refractivity contribution in [1.29, 1.82) is 0 Å². The number of anilines is 1. The molecule has 0 bridgehead atoms.